The zero-order valence-electron chi connectivity index (χ0n) is 11.3. The summed E-state index contributed by atoms with van der Waals surface area (Å²) in [4.78, 5) is 45.6. The van der Waals surface area contributed by atoms with Gasteiger partial charge in [-0.15, -0.1) is 11.8 Å². The van der Waals surface area contributed by atoms with Gasteiger partial charge in [0.05, 0.1) is 22.3 Å². The van der Waals surface area contributed by atoms with Crippen molar-refractivity contribution in [2.24, 2.45) is 0 Å². The Morgan fingerprint density at radius 3 is 2.55 bits per heavy atom. The molecule has 1 aliphatic heterocycles. The van der Waals surface area contributed by atoms with Gasteiger partial charge in [-0.2, -0.15) is 0 Å². The number of anilines is 1. The fourth-order valence-electron chi connectivity index (χ4n) is 2.02. The molecule has 1 heterocycles. The Kier molecular flexibility index (Phi) is 4.76. The van der Waals surface area contributed by atoms with E-state index in [1.807, 2.05) is 0 Å². The predicted octanol–water partition coefficient (Wildman–Crippen LogP) is 1.43. The predicted molar refractivity (Wildman–Crippen MR) is 78.7 cm³/mol. The van der Waals surface area contributed by atoms with Crippen LogP contribution in [0.2, 0.25) is 0 Å². The van der Waals surface area contributed by atoms with E-state index in [2.05, 4.69) is 0 Å². The molecular weight excluding hydrogens is 312 g/mol. The normalized spacial score (nSPS) is 17.8. The second-order valence-electron chi connectivity index (χ2n) is 4.55. The molecule has 0 radical (unpaired) electrons. The van der Waals surface area contributed by atoms with Crippen LogP contribution in [-0.4, -0.2) is 38.8 Å². The van der Waals surface area contributed by atoms with Crippen molar-refractivity contribution >= 4 is 40.9 Å². The molecule has 1 aromatic carbocycles. The molecule has 1 atom stereocenters. The lowest BCUT2D eigenvalue weighted by Crippen LogP contribution is -2.31. The second-order valence-corrected chi connectivity index (χ2v) is 5.86. The van der Waals surface area contributed by atoms with Crippen LogP contribution in [0.15, 0.2) is 24.3 Å². The summed E-state index contributed by atoms with van der Waals surface area (Å²) in [5, 5.41) is 18.6. The van der Waals surface area contributed by atoms with Crippen molar-refractivity contribution < 1.29 is 24.4 Å². The topological polar surface area (TPSA) is 118 Å². The highest BCUT2D eigenvalue weighted by atomic mass is 32.2. The van der Waals surface area contributed by atoms with Crippen molar-refractivity contribution in [3.63, 3.8) is 0 Å². The number of nitrogens with zero attached hydrogens (tertiary/aromatic N) is 2. The van der Waals surface area contributed by atoms with Crippen LogP contribution in [0.3, 0.4) is 0 Å². The summed E-state index contributed by atoms with van der Waals surface area (Å²) in [6.45, 7) is 0. The highest BCUT2D eigenvalue weighted by molar-refractivity contribution is 8.00. The van der Waals surface area contributed by atoms with Gasteiger partial charge in [-0.1, -0.05) is 0 Å². The first-order valence-corrected chi connectivity index (χ1v) is 7.39. The van der Waals surface area contributed by atoms with Crippen LogP contribution < -0.4 is 4.90 Å². The van der Waals surface area contributed by atoms with Crippen LogP contribution in [0, 0.1) is 10.1 Å². The Labute approximate surface area is 129 Å². The first kappa shape index (κ1) is 16.0. The number of rotatable bonds is 6. The third kappa shape index (κ3) is 3.42. The third-order valence-electron chi connectivity index (χ3n) is 3.06. The van der Waals surface area contributed by atoms with Crippen LogP contribution in [0.5, 0.6) is 0 Å². The summed E-state index contributed by atoms with van der Waals surface area (Å²) in [5.74, 6) is -1.54. The van der Waals surface area contributed by atoms with Gasteiger partial charge >= 0.3 is 5.97 Å². The van der Waals surface area contributed by atoms with Crippen LogP contribution in [0.1, 0.15) is 12.8 Å². The Balaban J connectivity index is 2.08. The zero-order valence-corrected chi connectivity index (χ0v) is 12.1. The average Bonchev–Trinajstić information content (AvgIpc) is 2.73. The number of thioether (sulfide) groups is 1. The van der Waals surface area contributed by atoms with E-state index in [1.165, 1.54) is 24.3 Å². The van der Waals surface area contributed by atoms with E-state index in [9.17, 15) is 24.5 Å². The van der Waals surface area contributed by atoms with E-state index in [0.29, 0.717) is 0 Å². The molecule has 0 saturated carbocycles. The molecule has 1 aromatic rings. The second kappa shape index (κ2) is 6.56. The van der Waals surface area contributed by atoms with Gasteiger partial charge in [0.25, 0.3) is 5.69 Å². The number of hydrogen-bond donors (Lipinski definition) is 1. The molecule has 1 N–H and O–H groups in total. The number of nitro groups is 1. The SMILES string of the molecule is O=C(O)CCSC1CC(=O)N(c2ccc([N+](=O)[O-])cc2)C1=O. The number of carbonyl (C=O) groups is 3. The smallest absolute Gasteiger partial charge is 0.304 e. The number of imide groups is 1. The minimum atomic E-state index is -0.962. The first-order valence-electron chi connectivity index (χ1n) is 6.35. The van der Waals surface area contributed by atoms with Gasteiger partial charge < -0.3 is 5.11 Å². The summed E-state index contributed by atoms with van der Waals surface area (Å²) in [6.07, 6.45) is -0.0831. The number of hydrogen-bond acceptors (Lipinski definition) is 6. The monoisotopic (exact) mass is 324 g/mol. The molecule has 1 unspecified atom stereocenters. The molecule has 0 aromatic heterocycles. The molecule has 0 bridgehead atoms. The maximum Gasteiger partial charge on any atom is 0.304 e. The summed E-state index contributed by atoms with van der Waals surface area (Å²) in [6, 6.07) is 5.14. The number of benzene rings is 1. The number of carboxylic acid groups (broad SMARTS) is 1. The Hall–Kier alpha value is -2.42. The highest BCUT2D eigenvalue weighted by Gasteiger charge is 2.39. The van der Waals surface area contributed by atoms with Gasteiger partial charge in [-0.3, -0.25) is 24.5 Å². The molecule has 8 nitrogen and oxygen atoms in total. The number of non-ortho nitro benzene ring substituents is 1. The van der Waals surface area contributed by atoms with E-state index in [0.717, 1.165) is 16.7 Å². The van der Waals surface area contributed by atoms with Gasteiger partial charge in [0.15, 0.2) is 0 Å². The molecule has 1 saturated heterocycles. The molecule has 1 fully saturated rings. The zero-order chi connectivity index (χ0) is 16.3. The number of carbonyl (C=O) groups excluding carboxylic acids is 2. The van der Waals surface area contributed by atoms with E-state index >= 15 is 0 Å². The molecule has 0 spiro atoms. The molecular formula is C13H12N2O6S. The Morgan fingerprint density at radius 2 is 2.00 bits per heavy atom. The first-order chi connectivity index (χ1) is 10.4. The van der Waals surface area contributed by atoms with E-state index in [-0.39, 0.29) is 30.0 Å². The fraction of sp³-hybridized carbons (Fsp3) is 0.308. The lowest BCUT2D eigenvalue weighted by molar-refractivity contribution is -0.384. The largest absolute Gasteiger partial charge is 0.481 e. The van der Waals surface area contributed by atoms with Gasteiger partial charge in [-0.05, 0) is 12.1 Å². The summed E-state index contributed by atoms with van der Waals surface area (Å²) < 4.78 is 0. The summed E-state index contributed by atoms with van der Waals surface area (Å²) in [7, 11) is 0. The highest BCUT2D eigenvalue weighted by Crippen LogP contribution is 2.30. The van der Waals surface area contributed by atoms with Gasteiger partial charge in [0.1, 0.15) is 0 Å². The number of amides is 2. The van der Waals surface area contributed by atoms with Crippen molar-refractivity contribution in [3.05, 3.63) is 34.4 Å². The lowest BCUT2D eigenvalue weighted by Gasteiger charge is -2.14. The van der Waals surface area contributed by atoms with Gasteiger partial charge in [0.2, 0.25) is 11.8 Å². The van der Waals surface area contributed by atoms with E-state index in [4.69, 9.17) is 5.11 Å². The summed E-state index contributed by atoms with van der Waals surface area (Å²) >= 11 is 1.13. The van der Waals surface area contributed by atoms with Crippen LogP contribution in [0.25, 0.3) is 0 Å². The van der Waals surface area contributed by atoms with Crippen molar-refractivity contribution in [2.75, 3.05) is 10.7 Å². The van der Waals surface area contributed by atoms with Crippen LogP contribution in [-0.2, 0) is 14.4 Å². The maximum absolute atomic E-state index is 12.2. The number of carboxylic acids is 1. The van der Waals surface area contributed by atoms with Crippen molar-refractivity contribution in [3.8, 4) is 0 Å². The summed E-state index contributed by atoms with van der Waals surface area (Å²) in [5.41, 5.74) is 0.150. The van der Waals surface area contributed by atoms with Gasteiger partial charge in [-0.25, -0.2) is 4.90 Å². The third-order valence-corrected chi connectivity index (χ3v) is 4.27. The van der Waals surface area contributed by atoms with Crippen LogP contribution >= 0.6 is 11.8 Å². The molecule has 22 heavy (non-hydrogen) atoms. The lowest BCUT2D eigenvalue weighted by atomic mass is 10.2. The Morgan fingerprint density at radius 1 is 1.36 bits per heavy atom. The number of aliphatic carboxylic acids is 1. The molecule has 2 amide bonds. The van der Waals surface area contributed by atoms with E-state index in [1.54, 1.807) is 0 Å². The van der Waals surface area contributed by atoms with Crippen molar-refractivity contribution in [1.29, 1.82) is 0 Å². The quantitative estimate of drug-likeness (QED) is 0.478. The maximum atomic E-state index is 12.2. The molecule has 0 aliphatic carbocycles. The standard InChI is InChI=1S/C13H12N2O6S/c16-11-7-10(22-6-5-12(17)18)13(19)14(11)8-1-3-9(4-2-8)15(20)21/h1-4,10H,5-7H2,(H,17,18). The van der Waals surface area contributed by atoms with Crippen molar-refractivity contribution in [2.45, 2.75) is 18.1 Å². The fourth-order valence-corrected chi connectivity index (χ4v) is 3.10. The average molecular weight is 324 g/mol. The minimum absolute atomic E-state index is 0.000106. The molecule has 1 aliphatic rings. The Bertz CT molecular complexity index is 630. The van der Waals surface area contributed by atoms with Gasteiger partial charge in [0, 0.05) is 24.3 Å². The molecule has 9 heteroatoms. The minimum Gasteiger partial charge on any atom is -0.481 e. The van der Waals surface area contributed by atoms with Crippen molar-refractivity contribution in [1.82, 2.24) is 0 Å². The van der Waals surface area contributed by atoms with E-state index < -0.39 is 28.0 Å². The molecule has 116 valence electrons. The van der Waals surface area contributed by atoms with Crippen LogP contribution in [0.4, 0.5) is 11.4 Å². The number of nitro benzene ring substituents is 1. The molecule has 2 rings (SSSR count).